The third-order valence-corrected chi connectivity index (χ3v) is 6.67. The highest BCUT2D eigenvalue weighted by Gasteiger charge is 2.34. The lowest BCUT2D eigenvalue weighted by molar-refractivity contribution is 0.102. The number of ether oxygens (including phenoxy) is 2. The number of carbonyl (C=O) groups excluding carboxylic acids is 1. The first-order valence-electron chi connectivity index (χ1n) is 8.85. The zero-order chi connectivity index (χ0) is 20.0. The van der Waals surface area contributed by atoms with E-state index in [2.05, 4.69) is 15.5 Å². The normalized spacial score (nSPS) is 15.3. The molecule has 0 unspecified atom stereocenters. The van der Waals surface area contributed by atoms with Gasteiger partial charge in [-0.25, -0.2) is 8.42 Å². The molecule has 2 N–H and O–H groups in total. The molecule has 0 fully saturated rings. The van der Waals surface area contributed by atoms with E-state index in [1.165, 1.54) is 4.31 Å². The Labute approximate surface area is 166 Å². The maximum absolute atomic E-state index is 12.8. The van der Waals surface area contributed by atoms with E-state index in [9.17, 15) is 13.2 Å². The summed E-state index contributed by atoms with van der Waals surface area (Å²) in [5.41, 5.74) is 1.63. The molecule has 5 rings (SSSR count). The molecule has 2 aromatic carbocycles. The van der Waals surface area contributed by atoms with E-state index in [0.29, 0.717) is 34.1 Å². The lowest BCUT2D eigenvalue weighted by atomic mass is 10.2. The number of hydrogen-bond acceptors (Lipinski definition) is 6. The molecular formula is C19H16N4O5S. The second-order valence-corrected chi connectivity index (χ2v) is 8.57. The van der Waals surface area contributed by atoms with Crippen molar-refractivity contribution >= 4 is 21.7 Å². The summed E-state index contributed by atoms with van der Waals surface area (Å²) in [6.07, 6.45) is 0. The Morgan fingerprint density at radius 2 is 1.86 bits per heavy atom. The van der Waals surface area contributed by atoms with Gasteiger partial charge in [-0.3, -0.25) is 9.89 Å². The van der Waals surface area contributed by atoms with Crippen molar-refractivity contribution in [1.29, 1.82) is 0 Å². The predicted octanol–water partition coefficient (Wildman–Crippen LogP) is 2.10. The second-order valence-electron chi connectivity index (χ2n) is 6.63. The highest BCUT2D eigenvalue weighted by atomic mass is 32.2. The first kappa shape index (κ1) is 17.7. The van der Waals surface area contributed by atoms with Crippen LogP contribution < -0.4 is 14.8 Å². The minimum absolute atomic E-state index is 0.125. The van der Waals surface area contributed by atoms with Gasteiger partial charge in [0.1, 0.15) is 5.82 Å². The molecule has 0 aliphatic carbocycles. The predicted molar refractivity (Wildman–Crippen MR) is 102 cm³/mol. The van der Waals surface area contributed by atoms with Gasteiger partial charge in [-0.2, -0.15) is 9.40 Å². The Morgan fingerprint density at radius 3 is 2.69 bits per heavy atom. The van der Waals surface area contributed by atoms with Crippen LogP contribution >= 0.6 is 0 Å². The van der Waals surface area contributed by atoms with Crippen LogP contribution in [0.15, 0.2) is 53.4 Å². The monoisotopic (exact) mass is 412 g/mol. The Kier molecular flexibility index (Phi) is 4.03. The Balaban J connectivity index is 1.35. The van der Waals surface area contributed by atoms with Crippen molar-refractivity contribution in [2.75, 3.05) is 12.1 Å². The van der Waals surface area contributed by atoms with Crippen molar-refractivity contribution in [3.05, 3.63) is 65.4 Å². The summed E-state index contributed by atoms with van der Waals surface area (Å²) in [5, 5.41) is 9.72. The van der Waals surface area contributed by atoms with Gasteiger partial charge < -0.3 is 14.8 Å². The molecule has 2 aliphatic heterocycles. The SMILES string of the molecule is O=C(Nc1[nH]nc2c1CN(S(=O)(=O)c1ccccc1)C2)c1ccc2c(c1)OCO2. The minimum atomic E-state index is -3.64. The third kappa shape index (κ3) is 3.02. The second kappa shape index (κ2) is 6.61. The van der Waals surface area contributed by atoms with Crippen molar-refractivity contribution in [3.8, 4) is 11.5 Å². The van der Waals surface area contributed by atoms with E-state index >= 15 is 0 Å². The molecule has 0 radical (unpaired) electrons. The fourth-order valence-electron chi connectivity index (χ4n) is 3.34. The van der Waals surface area contributed by atoms with Crippen LogP contribution in [0.3, 0.4) is 0 Å². The lowest BCUT2D eigenvalue weighted by Gasteiger charge is -2.16. The Morgan fingerprint density at radius 1 is 1.07 bits per heavy atom. The molecule has 2 aliphatic rings. The molecule has 1 aromatic heterocycles. The van der Waals surface area contributed by atoms with Crippen LogP contribution in [0.4, 0.5) is 5.82 Å². The molecule has 148 valence electrons. The molecular weight excluding hydrogens is 396 g/mol. The van der Waals surface area contributed by atoms with E-state index < -0.39 is 10.0 Å². The molecule has 0 atom stereocenters. The van der Waals surface area contributed by atoms with Gasteiger partial charge in [0.05, 0.1) is 17.1 Å². The van der Waals surface area contributed by atoms with Gasteiger partial charge in [-0.05, 0) is 30.3 Å². The number of fused-ring (bicyclic) bond motifs is 2. The molecule has 0 saturated carbocycles. The number of benzene rings is 2. The summed E-state index contributed by atoms with van der Waals surface area (Å²) in [5.74, 6) is 1.12. The summed E-state index contributed by atoms with van der Waals surface area (Å²) in [6.45, 7) is 0.392. The number of hydrogen-bond donors (Lipinski definition) is 2. The highest BCUT2D eigenvalue weighted by molar-refractivity contribution is 7.89. The summed E-state index contributed by atoms with van der Waals surface area (Å²) in [6, 6.07) is 13.1. The summed E-state index contributed by atoms with van der Waals surface area (Å²) in [7, 11) is -3.64. The molecule has 10 heteroatoms. The zero-order valence-electron chi connectivity index (χ0n) is 15.1. The van der Waals surface area contributed by atoms with Gasteiger partial charge in [0.2, 0.25) is 16.8 Å². The van der Waals surface area contributed by atoms with Gasteiger partial charge >= 0.3 is 0 Å². The van der Waals surface area contributed by atoms with E-state index in [4.69, 9.17) is 9.47 Å². The van der Waals surface area contributed by atoms with Gasteiger partial charge in [-0.15, -0.1) is 0 Å². The van der Waals surface area contributed by atoms with Crippen LogP contribution in [0.2, 0.25) is 0 Å². The first-order valence-corrected chi connectivity index (χ1v) is 10.3. The van der Waals surface area contributed by atoms with E-state index in [-0.39, 0.29) is 30.7 Å². The van der Waals surface area contributed by atoms with E-state index in [0.717, 1.165) is 0 Å². The molecule has 3 aromatic rings. The number of carbonyl (C=O) groups is 1. The largest absolute Gasteiger partial charge is 0.454 e. The average molecular weight is 412 g/mol. The summed E-state index contributed by atoms with van der Waals surface area (Å²) >= 11 is 0. The zero-order valence-corrected chi connectivity index (χ0v) is 15.9. The van der Waals surface area contributed by atoms with Gasteiger partial charge in [0.15, 0.2) is 11.5 Å². The van der Waals surface area contributed by atoms with Crippen LogP contribution in [0.1, 0.15) is 21.6 Å². The number of H-pyrrole nitrogens is 1. The maximum atomic E-state index is 12.8. The number of aromatic amines is 1. The highest BCUT2D eigenvalue weighted by Crippen LogP contribution is 2.34. The van der Waals surface area contributed by atoms with Crippen LogP contribution in [0.5, 0.6) is 11.5 Å². The summed E-state index contributed by atoms with van der Waals surface area (Å²) < 4.78 is 37.6. The van der Waals surface area contributed by atoms with Crippen molar-refractivity contribution in [2.45, 2.75) is 18.0 Å². The molecule has 9 nitrogen and oxygen atoms in total. The third-order valence-electron chi connectivity index (χ3n) is 4.87. The number of nitrogens with zero attached hydrogens (tertiary/aromatic N) is 2. The molecule has 1 amide bonds. The Bertz CT molecular complexity index is 1210. The molecule has 3 heterocycles. The average Bonchev–Trinajstić information content (AvgIpc) is 3.45. The topological polar surface area (TPSA) is 114 Å². The van der Waals surface area contributed by atoms with Gasteiger partial charge in [-0.1, -0.05) is 18.2 Å². The Hall–Kier alpha value is -3.37. The quantitative estimate of drug-likeness (QED) is 0.678. The first-order chi connectivity index (χ1) is 14.0. The molecule has 0 saturated heterocycles. The van der Waals surface area contributed by atoms with E-state index in [1.54, 1.807) is 48.5 Å². The fraction of sp³-hybridized carbons (Fsp3) is 0.158. The van der Waals surface area contributed by atoms with E-state index in [1.807, 2.05) is 0 Å². The number of nitrogens with one attached hydrogen (secondary N) is 2. The smallest absolute Gasteiger partial charge is 0.256 e. The number of aromatic nitrogens is 2. The van der Waals surface area contributed by atoms with Crippen molar-refractivity contribution < 1.29 is 22.7 Å². The number of anilines is 1. The molecule has 0 spiro atoms. The van der Waals surface area contributed by atoms with Crippen LogP contribution in [-0.2, 0) is 23.1 Å². The van der Waals surface area contributed by atoms with Crippen molar-refractivity contribution in [3.63, 3.8) is 0 Å². The standard InChI is InChI=1S/C19H16N4O5S/c24-19(12-6-7-16-17(8-12)28-11-27-16)20-18-14-9-23(10-15(14)21-22-18)29(25,26)13-4-2-1-3-5-13/h1-8H,9-11H2,(H2,20,21,22,24). The van der Waals surface area contributed by atoms with Crippen molar-refractivity contribution in [2.24, 2.45) is 0 Å². The molecule has 29 heavy (non-hydrogen) atoms. The summed E-state index contributed by atoms with van der Waals surface area (Å²) in [4.78, 5) is 12.8. The van der Waals surface area contributed by atoms with Crippen LogP contribution in [0.25, 0.3) is 0 Å². The van der Waals surface area contributed by atoms with Gasteiger partial charge in [0, 0.05) is 17.7 Å². The lowest BCUT2D eigenvalue weighted by Crippen LogP contribution is -2.26. The van der Waals surface area contributed by atoms with Crippen LogP contribution in [-0.4, -0.2) is 35.6 Å². The van der Waals surface area contributed by atoms with Crippen LogP contribution in [0, 0.1) is 0 Å². The fourth-order valence-corrected chi connectivity index (χ4v) is 4.73. The number of sulfonamides is 1. The maximum Gasteiger partial charge on any atom is 0.256 e. The number of rotatable bonds is 4. The number of amides is 1. The van der Waals surface area contributed by atoms with Crippen molar-refractivity contribution in [1.82, 2.24) is 14.5 Å². The molecule has 0 bridgehead atoms. The minimum Gasteiger partial charge on any atom is -0.454 e. The van der Waals surface area contributed by atoms with Gasteiger partial charge in [0.25, 0.3) is 5.91 Å².